The first-order valence-corrected chi connectivity index (χ1v) is 10.3. The van der Waals surface area contributed by atoms with Gasteiger partial charge in [0, 0.05) is 0 Å². The Labute approximate surface area is 161 Å². The van der Waals surface area contributed by atoms with Crippen molar-refractivity contribution in [2.45, 2.75) is 110 Å². The molecule has 0 aliphatic heterocycles. The zero-order chi connectivity index (χ0) is 16.6. The number of aromatic nitrogens is 2. The van der Waals surface area contributed by atoms with E-state index in [4.69, 9.17) is 0 Å². The van der Waals surface area contributed by atoms with Crippen LogP contribution in [-0.2, 0) is 13.6 Å². The SMILES string of the molecule is CCCCCCCCCCCCCCCCCn1cc[n+](C)c1.[Br-]. The lowest BCUT2D eigenvalue weighted by molar-refractivity contribution is -0.671. The van der Waals surface area contributed by atoms with Crippen molar-refractivity contribution in [3.63, 3.8) is 0 Å². The minimum absolute atomic E-state index is 0. The predicted octanol–water partition coefficient (Wildman–Crippen LogP) is 3.19. The van der Waals surface area contributed by atoms with Crippen molar-refractivity contribution in [3.8, 4) is 0 Å². The second-order valence-electron chi connectivity index (χ2n) is 7.27. The van der Waals surface area contributed by atoms with Crippen LogP contribution in [0.4, 0.5) is 0 Å². The van der Waals surface area contributed by atoms with Crippen LogP contribution >= 0.6 is 0 Å². The van der Waals surface area contributed by atoms with E-state index in [0.29, 0.717) is 0 Å². The zero-order valence-electron chi connectivity index (χ0n) is 16.3. The lowest BCUT2D eigenvalue weighted by Gasteiger charge is -2.03. The average Bonchev–Trinajstić information content (AvgIpc) is 2.96. The Balaban J connectivity index is 0.00000529. The molecule has 0 spiro atoms. The maximum Gasteiger partial charge on any atom is 0.243 e. The molecule has 0 aromatic carbocycles. The van der Waals surface area contributed by atoms with E-state index in [9.17, 15) is 0 Å². The summed E-state index contributed by atoms with van der Waals surface area (Å²) in [6.07, 6.45) is 28.0. The quantitative estimate of drug-likeness (QED) is 0.297. The Morgan fingerprint density at radius 1 is 0.667 bits per heavy atom. The largest absolute Gasteiger partial charge is 1.00 e. The lowest BCUT2D eigenvalue weighted by atomic mass is 10.0. The first kappa shape index (κ1) is 23.7. The molecule has 1 rings (SSSR count). The van der Waals surface area contributed by atoms with Crippen LogP contribution in [0, 0.1) is 0 Å². The third-order valence-electron chi connectivity index (χ3n) is 4.84. The monoisotopic (exact) mass is 400 g/mol. The molecule has 0 amide bonds. The molecule has 0 bridgehead atoms. The molecular formula is C21H41BrN2. The van der Waals surface area contributed by atoms with Crippen LogP contribution in [-0.4, -0.2) is 4.57 Å². The maximum absolute atomic E-state index is 2.29. The Morgan fingerprint density at radius 3 is 1.46 bits per heavy atom. The molecule has 0 N–H and O–H groups in total. The molecule has 0 saturated heterocycles. The molecule has 1 aromatic rings. The molecule has 24 heavy (non-hydrogen) atoms. The third-order valence-corrected chi connectivity index (χ3v) is 4.84. The van der Waals surface area contributed by atoms with Crippen molar-refractivity contribution in [3.05, 3.63) is 18.7 Å². The van der Waals surface area contributed by atoms with Gasteiger partial charge in [-0.05, 0) is 12.8 Å². The molecule has 0 unspecified atom stereocenters. The van der Waals surface area contributed by atoms with Crippen LogP contribution in [0.25, 0.3) is 0 Å². The first-order chi connectivity index (χ1) is 11.3. The number of nitrogens with zero attached hydrogens (tertiary/aromatic N) is 2. The molecule has 1 aromatic heterocycles. The van der Waals surface area contributed by atoms with E-state index in [-0.39, 0.29) is 17.0 Å². The molecule has 142 valence electrons. The number of hydrogen-bond donors (Lipinski definition) is 0. The van der Waals surface area contributed by atoms with Crippen molar-refractivity contribution in [2.24, 2.45) is 7.05 Å². The number of imidazole rings is 1. The number of rotatable bonds is 16. The van der Waals surface area contributed by atoms with E-state index in [2.05, 4.69) is 41.8 Å². The van der Waals surface area contributed by atoms with Gasteiger partial charge < -0.3 is 17.0 Å². The highest BCUT2D eigenvalue weighted by Gasteiger charge is 1.99. The summed E-state index contributed by atoms with van der Waals surface area (Å²) in [5.74, 6) is 0. The smallest absolute Gasteiger partial charge is 0.243 e. The van der Waals surface area contributed by atoms with Gasteiger partial charge in [-0.1, -0.05) is 90.4 Å². The highest BCUT2D eigenvalue weighted by atomic mass is 79.9. The van der Waals surface area contributed by atoms with E-state index in [1.807, 2.05) is 0 Å². The van der Waals surface area contributed by atoms with Crippen molar-refractivity contribution in [1.29, 1.82) is 0 Å². The van der Waals surface area contributed by atoms with Crippen LogP contribution in [0.1, 0.15) is 103 Å². The molecule has 0 saturated carbocycles. The van der Waals surface area contributed by atoms with Crippen LogP contribution in [0.3, 0.4) is 0 Å². The molecule has 0 atom stereocenters. The Bertz CT molecular complexity index is 362. The average molecular weight is 401 g/mol. The number of hydrogen-bond acceptors (Lipinski definition) is 0. The van der Waals surface area contributed by atoms with Gasteiger partial charge in [0.15, 0.2) is 0 Å². The van der Waals surface area contributed by atoms with Crippen LogP contribution in [0.2, 0.25) is 0 Å². The summed E-state index contributed by atoms with van der Waals surface area (Å²) in [6.45, 7) is 3.47. The van der Waals surface area contributed by atoms with Gasteiger partial charge in [0.25, 0.3) is 0 Å². The summed E-state index contributed by atoms with van der Waals surface area (Å²) in [7, 11) is 2.09. The van der Waals surface area contributed by atoms with E-state index in [1.54, 1.807) is 0 Å². The van der Waals surface area contributed by atoms with Gasteiger partial charge in [0.05, 0.1) is 13.6 Å². The highest BCUT2D eigenvalue weighted by Crippen LogP contribution is 2.13. The van der Waals surface area contributed by atoms with Gasteiger partial charge in [-0.2, -0.15) is 0 Å². The third kappa shape index (κ3) is 14.1. The van der Waals surface area contributed by atoms with Crippen molar-refractivity contribution in [2.75, 3.05) is 0 Å². The van der Waals surface area contributed by atoms with Crippen molar-refractivity contribution >= 4 is 0 Å². The summed E-state index contributed by atoms with van der Waals surface area (Å²) in [6, 6.07) is 0. The molecule has 1 heterocycles. The number of unbranched alkanes of at least 4 members (excludes halogenated alkanes) is 14. The Kier molecular flexibility index (Phi) is 17.3. The molecule has 2 nitrogen and oxygen atoms in total. The summed E-state index contributed by atoms with van der Waals surface area (Å²) in [5, 5.41) is 0. The van der Waals surface area contributed by atoms with E-state index >= 15 is 0 Å². The maximum atomic E-state index is 2.29. The fourth-order valence-electron chi connectivity index (χ4n) is 3.30. The molecule has 0 fully saturated rings. The highest BCUT2D eigenvalue weighted by molar-refractivity contribution is 4.65. The number of halogens is 1. The lowest BCUT2D eigenvalue weighted by Crippen LogP contribution is -3.00. The number of aryl methyl sites for hydroxylation is 2. The van der Waals surface area contributed by atoms with Crippen molar-refractivity contribution < 1.29 is 21.5 Å². The first-order valence-electron chi connectivity index (χ1n) is 10.3. The normalized spacial score (nSPS) is 10.8. The van der Waals surface area contributed by atoms with Crippen LogP contribution in [0.5, 0.6) is 0 Å². The summed E-state index contributed by atoms with van der Waals surface area (Å²) < 4.78 is 4.41. The molecule has 0 radical (unpaired) electrons. The minimum Gasteiger partial charge on any atom is -1.00 e. The van der Waals surface area contributed by atoms with Crippen molar-refractivity contribution in [1.82, 2.24) is 4.57 Å². The van der Waals surface area contributed by atoms with E-state index in [0.717, 1.165) is 0 Å². The van der Waals surface area contributed by atoms with Gasteiger partial charge >= 0.3 is 0 Å². The standard InChI is InChI=1S/C21H41N2.BrH/c1-3-4-5-6-7-8-9-10-11-12-13-14-15-16-17-18-23-20-19-22(2)21-23;/h19-21H,3-18H2,1-2H3;1H/q+1;/p-1. The van der Waals surface area contributed by atoms with Crippen LogP contribution in [0.15, 0.2) is 18.7 Å². The zero-order valence-corrected chi connectivity index (χ0v) is 17.9. The van der Waals surface area contributed by atoms with E-state index < -0.39 is 0 Å². The second kappa shape index (κ2) is 17.5. The fraction of sp³-hybridized carbons (Fsp3) is 0.857. The predicted molar refractivity (Wildman–Crippen MR) is 101 cm³/mol. The molecule has 3 heteroatoms. The Hall–Kier alpha value is -0.310. The van der Waals surface area contributed by atoms with E-state index in [1.165, 1.54) is 103 Å². The van der Waals surface area contributed by atoms with Gasteiger partial charge in [0.2, 0.25) is 6.33 Å². The fourth-order valence-corrected chi connectivity index (χ4v) is 3.30. The summed E-state index contributed by atoms with van der Waals surface area (Å²) >= 11 is 0. The summed E-state index contributed by atoms with van der Waals surface area (Å²) in [5.41, 5.74) is 0. The van der Waals surface area contributed by atoms with Gasteiger partial charge in [-0.25, -0.2) is 9.13 Å². The minimum atomic E-state index is 0. The topological polar surface area (TPSA) is 8.81 Å². The van der Waals surface area contributed by atoms with Gasteiger partial charge in [-0.3, -0.25) is 0 Å². The Morgan fingerprint density at radius 2 is 1.08 bits per heavy atom. The van der Waals surface area contributed by atoms with Crippen LogP contribution < -0.4 is 21.5 Å². The summed E-state index contributed by atoms with van der Waals surface area (Å²) in [4.78, 5) is 0. The molecule has 0 aliphatic rings. The second-order valence-corrected chi connectivity index (χ2v) is 7.27. The van der Waals surface area contributed by atoms with Gasteiger partial charge in [-0.15, -0.1) is 0 Å². The van der Waals surface area contributed by atoms with Gasteiger partial charge in [0.1, 0.15) is 12.4 Å². The molecule has 0 aliphatic carbocycles. The molecular weight excluding hydrogens is 360 g/mol.